The largest absolute Gasteiger partial charge is 0.454 e. The highest BCUT2D eigenvalue weighted by molar-refractivity contribution is 6.11. The zero-order chi connectivity index (χ0) is 32.1. The Morgan fingerprint density at radius 3 is 2.08 bits per heavy atom. The Bertz CT molecular complexity index is 2240. The van der Waals surface area contributed by atoms with Gasteiger partial charge >= 0.3 is 0 Å². The Hall–Kier alpha value is -5.56. The second-order valence-corrected chi connectivity index (χ2v) is 13.6. The molecule has 238 valence electrons. The zero-order valence-electron chi connectivity index (χ0n) is 27.5. The molecule has 3 unspecified atom stereocenters. The molecule has 0 fully saturated rings. The summed E-state index contributed by atoms with van der Waals surface area (Å²) in [5.74, 6) is 0. The number of hydrogen-bond acceptors (Lipinski definition) is 7. The Kier molecular flexibility index (Phi) is 5.86. The maximum Gasteiger partial charge on any atom is 0.159 e. The number of rotatable bonds is 2. The number of hydrogen-bond donors (Lipinski definition) is 0. The topological polar surface area (TPSA) is 32.6 Å². The van der Waals surface area contributed by atoms with Crippen molar-refractivity contribution in [2.75, 3.05) is 34.8 Å². The van der Waals surface area contributed by atoms with Crippen molar-refractivity contribution in [1.29, 1.82) is 0 Å². The first-order valence-corrected chi connectivity index (χ1v) is 17.1. The van der Waals surface area contributed by atoms with E-state index in [9.17, 15) is 0 Å². The van der Waals surface area contributed by atoms with Crippen LogP contribution in [0.25, 0.3) is 33.1 Å². The van der Waals surface area contributed by atoms with Crippen molar-refractivity contribution in [3.8, 4) is 0 Å². The second kappa shape index (κ2) is 10.2. The van der Waals surface area contributed by atoms with Gasteiger partial charge in [-0.3, -0.25) is 0 Å². The van der Waals surface area contributed by atoms with E-state index in [4.69, 9.17) is 4.42 Å². The zero-order valence-corrected chi connectivity index (χ0v) is 27.5. The first kappa shape index (κ1) is 27.5. The fourth-order valence-electron chi connectivity index (χ4n) is 8.71. The molecule has 5 aromatic rings. The molecule has 2 bridgehead atoms. The van der Waals surface area contributed by atoms with Gasteiger partial charge in [0.2, 0.25) is 0 Å². The van der Waals surface area contributed by atoms with Crippen molar-refractivity contribution >= 4 is 50.1 Å². The smallest absolute Gasteiger partial charge is 0.159 e. The van der Waals surface area contributed by atoms with Crippen LogP contribution in [0.4, 0.5) is 17.1 Å². The van der Waals surface area contributed by atoms with E-state index < -0.39 is 0 Å². The number of fused-ring (bicyclic) bond motifs is 10. The highest BCUT2D eigenvalue weighted by atomic mass is 16.3. The molecule has 0 radical (unpaired) electrons. The van der Waals surface area contributed by atoms with Gasteiger partial charge in [-0.25, -0.2) is 0 Å². The van der Waals surface area contributed by atoms with Crippen LogP contribution < -0.4 is 14.7 Å². The van der Waals surface area contributed by atoms with Crippen molar-refractivity contribution < 1.29 is 4.42 Å². The minimum Gasteiger partial charge on any atom is -0.454 e. The van der Waals surface area contributed by atoms with Gasteiger partial charge in [0.25, 0.3) is 0 Å². The van der Waals surface area contributed by atoms with Gasteiger partial charge in [0.15, 0.2) is 5.58 Å². The third-order valence-electron chi connectivity index (χ3n) is 11.0. The molecular formula is C41H38N6O. The molecule has 0 aliphatic carbocycles. The third kappa shape index (κ3) is 3.75. The number of likely N-dealkylation sites (N-methyl/N-ethyl adjacent to an activating group) is 1. The Labute approximate surface area is 281 Å². The molecule has 48 heavy (non-hydrogen) atoms. The van der Waals surface area contributed by atoms with Gasteiger partial charge < -0.3 is 33.8 Å². The minimum atomic E-state index is -0.107. The third-order valence-corrected chi connectivity index (χ3v) is 11.0. The lowest BCUT2D eigenvalue weighted by molar-refractivity contribution is 0.281. The lowest BCUT2D eigenvalue weighted by Crippen LogP contribution is -2.47. The van der Waals surface area contributed by atoms with Crippen LogP contribution in [0.2, 0.25) is 0 Å². The molecule has 1 aromatic heterocycles. The second-order valence-electron chi connectivity index (χ2n) is 13.6. The van der Waals surface area contributed by atoms with E-state index in [2.05, 4.69) is 172 Å². The predicted molar refractivity (Wildman–Crippen MR) is 196 cm³/mol. The fourth-order valence-corrected chi connectivity index (χ4v) is 8.71. The molecule has 6 heterocycles. The van der Waals surface area contributed by atoms with E-state index >= 15 is 0 Å². The predicted octanol–water partition coefficient (Wildman–Crippen LogP) is 8.33. The highest BCUT2D eigenvalue weighted by Crippen LogP contribution is 2.52. The summed E-state index contributed by atoms with van der Waals surface area (Å²) in [6, 6.07) is 30.8. The van der Waals surface area contributed by atoms with Crippen molar-refractivity contribution in [3.63, 3.8) is 0 Å². The number of anilines is 3. The van der Waals surface area contributed by atoms with Crippen molar-refractivity contribution in [1.82, 2.24) is 14.7 Å². The molecule has 7 nitrogen and oxygen atoms in total. The van der Waals surface area contributed by atoms with Gasteiger partial charge in [0, 0.05) is 90.4 Å². The van der Waals surface area contributed by atoms with Crippen LogP contribution >= 0.6 is 0 Å². The number of aryl methyl sites for hydroxylation is 1. The Morgan fingerprint density at radius 2 is 1.25 bits per heavy atom. The van der Waals surface area contributed by atoms with E-state index in [0.29, 0.717) is 0 Å². The molecule has 5 aliphatic heterocycles. The van der Waals surface area contributed by atoms with Crippen LogP contribution in [0.3, 0.4) is 0 Å². The van der Waals surface area contributed by atoms with Crippen LogP contribution in [0, 0.1) is 6.92 Å². The quantitative estimate of drug-likeness (QED) is 0.194. The molecule has 3 atom stereocenters. The lowest BCUT2D eigenvalue weighted by Gasteiger charge is -2.45. The number of benzene rings is 4. The van der Waals surface area contributed by atoms with Crippen LogP contribution in [-0.4, -0.2) is 53.3 Å². The average Bonchev–Trinajstić information content (AvgIpc) is 3.88. The molecule has 10 rings (SSSR count). The van der Waals surface area contributed by atoms with Crippen molar-refractivity contribution in [2.45, 2.75) is 38.8 Å². The summed E-state index contributed by atoms with van der Waals surface area (Å²) in [6.45, 7) is 6.51. The number of para-hydroxylation sites is 3. The molecule has 0 saturated carbocycles. The van der Waals surface area contributed by atoms with E-state index in [1.165, 1.54) is 39.2 Å². The standard InChI is InChI=1S/C41H38N6O/c1-27-17-18-30-29-11-6-9-16-35(29)48-39(30)38(27)47-24-21-42(3)40(47)36-32-13-5-8-15-34(32)46-26-23-44-20-10-19-43-22-25-45(28(43)2)33-14-7-4-12-31(33)37(36)41(44)46/h4-9,11-18,21-26,28,40-41H,10,19-20H2,1-3H3. The summed E-state index contributed by atoms with van der Waals surface area (Å²) in [4.78, 5) is 14.8. The van der Waals surface area contributed by atoms with Gasteiger partial charge in [-0.2, -0.15) is 0 Å². The molecule has 0 amide bonds. The summed E-state index contributed by atoms with van der Waals surface area (Å²) in [7, 11) is 2.21. The van der Waals surface area contributed by atoms with Crippen molar-refractivity contribution in [2.24, 2.45) is 0 Å². The highest BCUT2D eigenvalue weighted by Gasteiger charge is 2.45. The summed E-state index contributed by atoms with van der Waals surface area (Å²) in [5.41, 5.74) is 11.8. The van der Waals surface area contributed by atoms with Gasteiger partial charge in [-0.15, -0.1) is 0 Å². The average molecular weight is 631 g/mol. The SMILES string of the molecule is Cc1ccc2c(oc3ccccc32)c1N1C=CN(C)C1C1=C2c3ccccc3N3C=CN(CCCN4C=CN(c5ccccc51)C24)C3C. The number of nitrogens with zero attached hydrogens (tertiary/aromatic N) is 6. The first-order valence-electron chi connectivity index (χ1n) is 17.1. The van der Waals surface area contributed by atoms with E-state index in [1.54, 1.807) is 0 Å². The summed E-state index contributed by atoms with van der Waals surface area (Å²) in [5, 5.41) is 2.29. The van der Waals surface area contributed by atoms with Crippen LogP contribution in [-0.2, 0) is 0 Å². The van der Waals surface area contributed by atoms with Crippen LogP contribution in [0.5, 0.6) is 0 Å². The Balaban J connectivity index is 1.27. The molecule has 0 N–H and O–H groups in total. The normalized spacial score (nSPS) is 22.7. The Morgan fingerprint density at radius 1 is 0.604 bits per heavy atom. The van der Waals surface area contributed by atoms with E-state index in [1.807, 2.05) is 0 Å². The van der Waals surface area contributed by atoms with Gasteiger partial charge in [0.05, 0.1) is 17.1 Å². The fraction of sp³-hybridized carbons (Fsp3) is 0.220. The molecule has 0 saturated heterocycles. The van der Waals surface area contributed by atoms with E-state index in [-0.39, 0.29) is 18.5 Å². The molecular weight excluding hydrogens is 592 g/mol. The van der Waals surface area contributed by atoms with Crippen LogP contribution in [0.15, 0.2) is 127 Å². The molecule has 0 spiro atoms. The van der Waals surface area contributed by atoms with Crippen molar-refractivity contribution in [3.05, 3.63) is 139 Å². The monoisotopic (exact) mass is 630 g/mol. The molecule has 4 aromatic carbocycles. The molecule has 5 aliphatic rings. The minimum absolute atomic E-state index is 0.0297. The maximum atomic E-state index is 6.69. The van der Waals surface area contributed by atoms with E-state index in [0.717, 1.165) is 47.1 Å². The summed E-state index contributed by atoms with van der Waals surface area (Å²) < 4.78 is 6.69. The number of furan rings is 1. The van der Waals surface area contributed by atoms with Gasteiger partial charge in [0.1, 0.15) is 24.1 Å². The summed E-state index contributed by atoms with van der Waals surface area (Å²) in [6.07, 6.45) is 14.8. The lowest BCUT2D eigenvalue weighted by atomic mass is 9.84. The van der Waals surface area contributed by atoms with Gasteiger partial charge in [-0.05, 0) is 44.0 Å². The summed E-state index contributed by atoms with van der Waals surface area (Å²) >= 11 is 0. The maximum absolute atomic E-state index is 6.69. The first-order chi connectivity index (χ1) is 23.6. The van der Waals surface area contributed by atoms with Crippen LogP contribution in [0.1, 0.15) is 30.0 Å². The van der Waals surface area contributed by atoms with Gasteiger partial charge in [-0.1, -0.05) is 66.7 Å². The molecule has 7 heteroatoms.